The van der Waals surface area contributed by atoms with Crippen molar-refractivity contribution in [2.24, 2.45) is 0 Å². The standard InChI is InChI=1S/C50H33N/c1-3-17-34(18-4-1)37-21-7-9-25-41(37)49-43-27-11-12-28-44(43)50(42-26-10-8-22-38(42)35-19-5-2-6-20-35)46-33-36(31-32-45(46)49)51-47-29-15-13-23-39(47)40-24-14-16-30-48(40)51/h1-33H. The van der Waals surface area contributed by atoms with Gasteiger partial charge in [-0.3, -0.25) is 0 Å². The van der Waals surface area contributed by atoms with Crippen LogP contribution in [0.3, 0.4) is 0 Å². The molecule has 0 spiro atoms. The Hall–Kier alpha value is -6.70. The number of hydrogen-bond donors (Lipinski definition) is 0. The summed E-state index contributed by atoms with van der Waals surface area (Å²) in [7, 11) is 0. The van der Waals surface area contributed by atoms with Gasteiger partial charge in [0.25, 0.3) is 0 Å². The minimum Gasteiger partial charge on any atom is -0.309 e. The Morgan fingerprint density at radius 1 is 0.255 bits per heavy atom. The van der Waals surface area contributed by atoms with Crippen LogP contribution in [0.25, 0.3) is 93.5 Å². The molecule has 0 aliphatic heterocycles. The number of nitrogens with zero attached hydrogens (tertiary/aromatic N) is 1. The molecule has 1 aromatic heterocycles. The van der Waals surface area contributed by atoms with E-state index < -0.39 is 0 Å². The molecule has 1 nitrogen and oxygen atoms in total. The van der Waals surface area contributed by atoms with Gasteiger partial charge >= 0.3 is 0 Å². The summed E-state index contributed by atoms with van der Waals surface area (Å²) in [5.74, 6) is 0. The normalized spacial score (nSPS) is 11.5. The Morgan fingerprint density at radius 3 is 1.14 bits per heavy atom. The zero-order chi connectivity index (χ0) is 33.7. The third kappa shape index (κ3) is 4.70. The molecule has 10 rings (SSSR count). The maximum absolute atomic E-state index is 2.44. The van der Waals surface area contributed by atoms with Crippen LogP contribution in [0.4, 0.5) is 0 Å². The number of hydrogen-bond acceptors (Lipinski definition) is 0. The summed E-state index contributed by atoms with van der Waals surface area (Å²) in [5, 5.41) is 7.48. The fraction of sp³-hybridized carbons (Fsp3) is 0. The predicted molar refractivity (Wildman–Crippen MR) is 218 cm³/mol. The SMILES string of the molecule is c1ccc(-c2ccccc2-c2c3ccccc3c(-c3ccccc3-c3ccccc3)c3cc(-n4c5ccccc5c5ccccc54)ccc23)cc1. The van der Waals surface area contributed by atoms with Crippen molar-refractivity contribution in [2.45, 2.75) is 0 Å². The third-order valence-corrected chi connectivity index (χ3v) is 10.4. The second-order valence-electron chi connectivity index (χ2n) is 13.2. The van der Waals surface area contributed by atoms with E-state index in [-0.39, 0.29) is 0 Å². The van der Waals surface area contributed by atoms with E-state index in [1.807, 2.05) is 0 Å². The Kier molecular flexibility index (Phi) is 6.89. The summed E-state index contributed by atoms with van der Waals surface area (Å²) in [5.41, 5.74) is 13.4. The molecule has 51 heavy (non-hydrogen) atoms. The van der Waals surface area contributed by atoms with Crippen molar-refractivity contribution in [1.29, 1.82) is 0 Å². The van der Waals surface area contributed by atoms with Crippen LogP contribution in [0.2, 0.25) is 0 Å². The van der Waals surface area contributed by atoms with E-state index in [0.29, 0.717) is 0 Å². The summed E-state index contributed by atoms with van der Waals surface area (Å²) in [4.78, 5) is 0. The van der Waals surface area contributed by atoms with Crippen molar-refractivity contribution >= 4 is 43.4 Å². The number of rotatable bonds is 5. The third-order valence-electron chi connectivity index (χ3n) is 10.4. The zero-order valence-corrected chi connectivity index (χ0v) is 28.0. The van der Waals surface area contributed by atoms with Gasteiger partial charge < -0.3 is 4.57 Å². The van der Waals surface area contributed by atoms with Gasteiger partial charge in [0.1, 0.15) is 0 Å². The molecule has 10 aromatic rings. The highest BCUT2D eigenvalue weighted by molar-refractivity contribution is 6.24. The summed E-state index contributed by atoms with van der Waals surface area (Å²) in [6.07, 6.45) is 0. The van der Waals surface area contributed by atoms with Gasteiger partial charge in [-0.2, -0.15) is 0 Å². The van der Waals surface area contributed by atoms with Crippen LogP contribution in [0.5, 0.6) is 0 Å². The molecule has 0 unspecified atom stereocenters. The number of fused-ring (bicyclic) bond motifs is 5. The lowest BCUT2D eigenvalue weighted by Crippen LogP contribution is -1.97. The van der Waals surface area contributed by atoms with Crippen LogP contribution in [-0.4, -0.2) is 4.57 Å². The fourth-order valence-corrected chi connectivity index (χ4v) is 8.23. The zero-order valence-electron chi connectivity index (χ0n) is 28.0. The molecule has 238 valence electrons. The lowest BCUT2D eigenvalue weighted by molar-refractivity contribution is 1.19. The van der Waals surface area contributed by atoms with Crippen molar-refractivity contribution in [3.63, 3.8) is 0 Å². The van der Waals surface area contributed by atoms with Crippen LogP contribution in [0.1, 0.15) is 0 Å². The van der Waals surface area contributed by atoms with E-state index in [0.717, 1.165) is 5.69 Å². The summed E-state index contributed by atoms with van der Waals surface area (Å²) in [6, 6.07) is 73.0. The molecule has 0 bridgehead atoms. The molecule has 0 amide bonds. The van der Waals surface area contributed by atoms with Crippen molar-refractivity contribution < 1.29 is 0 Å². The highest BCUT2D eigenvalue weighted by Gasteiger charge is 2.22. The molecule has 1 heteroatoms. The molecule has 0 N–H and O–H groups in total. The topological polar surface area (TPSA) is 4.93 Å². The van der Waals surface area contributed by atoms with E-state index >= 15 is 0 Å². The van der Waals surface area contributed by atoms with Crippen molar-refractivity contribution in [3.8, 4) is 50.2 Å². The first-order chi connectivity index (χ1) is 25.3. The Balaban J connectivity index is 1.37. The van der Waals surface area contributed by atoms with Crippen molar-refractivity contribution in [2.75, 3.05) is 0 Å². The molecule has 0 fully saturated rings. The monoisotopic (exact) mass is 647 g/mol. The van der Waals surface area contributed by atoms with Crippen LogP contribution < -0.4 is 0 Å². The van der Waals surface area contributed by atoms with Gasteiger partial charge in [0.15, 0.2) is 0 Å². The van der Waals surface area contributed by atoms with Gasteiger partial charge in [0.2, 0.25) is 0 Å². The molecule has 1 heterocycles. The number of benzene rings is 9. The van der Waals surface area contributed by atoms with Gasteiger partial charge in [-0.05, 0) is 90.3 Å². The molecular formula is C50H33N. The minimum atomic E-state index is 1.15. The Labute approximate surface area is 297 Å². The van der Waals surface area contributed by atoms with Gasteiger partial charge in [0, 0.05) is 16.5 Å². The molecule has 0 aliphatic carbocycles. The summed E-state index contributed by atoms with van der Waals surface area (Å²) < 4.78 is 2.43. The van der Waals surface area contributed by atoms with E-state index in [4.69, 9.17) is 0 Å². The number of para-hydroxylation sites is 2. The highest BCUT2D eigenvalue weighted by Crippen LogP contribution is 2.48. The first-order valence-corrected chi connectivity index (χ1v) is 17.6. The molecule has 0 saturated carbocycles. The van der Waals surface area contributed by atoms with Gasteiger partial charge in [-0.15, -0.1) is 0 Å². The molecule has 0 saturated heterocycles. The van der Waals surface area contributed by atoms with Crippen LogP contribution in [0.15, 0.2) is 200 Å². The second-order valence-corrected chi connectivity index (χ2v) is 13.2. The highest BCUT2D eigenvalue weighted by atomic mass is 15.0. The summed E-state index contributed by atoms with van der Waals surface area (Å²) in [6.45, 7) is 0. The maximum Gasteiger partial charge on any atom is 0.0541 e. The van der Waals surface area contributed by atoms with E-state index in [1.165, 1.54) is 87.9 Å². The minimum absolute atomic E-state index is 1.15. The lowest BCUT2D eigenvalue weighted by Gasteiger charge is -2.22. The van der Waals surface area contributed by atoms with Crippen LogP contribution in [-0.2, 0) is 0 Å². The van der Waals surface area contributed by atoms with Gasteiger partial charge in [-0.25, -0.2) is 0 Å². The molecule has 0 aliphatic rings. The molecule has 9 aromatic carbocycles. The van der Waals surface area contributed by atoms with Crippen LogP contribution in [0, 0.1) is 0 Å². The van der Waals surface area contributed by atoms with Crippen LogP contribution >= 0.6 is 0 Å². The van der Waals surface area contributed by atoms with Gasteiger partial charge in [-0.1, -0.05) is 176 Å². The average Bonchev–Trinajstić information content (AvgIpc) is 3.55. The molecule has 0 radical (unpaired) electrons. The molecule has 0 atom stereocenters. The number of aromatic nitrogens is 1. The van der Waals surface area contributed by atoms with Crippen molar-refractivity contribution in [3.05, 3.63) is 200 Å². The predicted octanol–water partition coefficient (Wildman–Crippen LogP) is 13.8. The largest absolute Gasteiger partial charge is 0.309 e. The molecular weight excluding hydrogens is 615 g/mol. The van der Waals surface area contributed by atoms with E-state index in [9.17, 15) is 0 Å². The second kappa shape index (κ2) is 12.0. The lowest BCUT2D eigenvalue weighted by atomic mass is 9.82. The summed E-state index contributed by atoms with van der Waals surface area (Å²) >= 11 is 0. The smallest absolute Gasteiger partial charge is 0.0541 e. The van der Waals surface area contributed by atoms with E-state index in [2.05, 4.69) is 205 Å². The first-order valence-electron chi connectivity index (χ1n) is 17.6. The first kappa shape index (κ1) is 29.2. The Bertz CT molecular complexity index is 2840. The quantitative estimate of drug-likeness (QED) is 0.164. The Morgan fingerprint density at radius 2 is 0.627 bits per heavy atom. The maximum atomic E-state index is 2.44. The van der Waals surface area contributed by atoms with E-state index in [1.54, 1.807) is 0 Å². The fourth-order valence-electron chi connectivity index (χ4n) is 8.23. The van der Waals surface area contributed by atoms with Crippen molar-refractivity contribution in [1.82, 2.24) is 4.57 Å². The average molecular weight is 648 g/mol. The van der Waals surface area contributed by atoms with Gasteiger partial charge in [0.05, 0.1) is 11.0 Å².